The zero-order valence-electron chi connectivity index (χ0n) is 10.9. The lowest BCUT2D eigenvalue weighted by Crippen LogP contribution is -2.46. The molecule has 0 amide bonds. The number of epoxide rings is 1. The van der Waals surface area contributed by atoms with E-state index in [1.165, 1.54) is 0 Å². The molecular weight excluding hydrogens is 244 g/mol. The molecule has 1 rings (SSSR count). The second-order valence-corrected chi connectivity index (χ2v) is 6.85. The van der Waals surface area contributed by atoms with E-state index in [4.69, 9.17) is 27.5 Å². The summed E-state index contributed by atoms with van der Waals surface area (Å²) < 4.78 is 31.9. The molecule has 0 aromatic heterocycles. The van der Waals surface area contributed by atoms with Crippen molar-refractivity contribution in [2.24, 2.45) is 0 Å². The van der Waals surface area contributed by atoms with E-state index in [0.29, 0.717) is 19.3 Å². The quantitative estimate of drug-likeness (QED) is 0.418. The fraction of sp³-hybridized carbons (Fsp3) is 1.00. The van der Waals surface area contributed by atoms with Gasteiger partial charge in [-0.3, -0.25) is 0 Å². The largest absolute Gasteiger partial charge is 0.502 e. The fourth-order valence-electron chi connectivity index (χ4n) is 1.48. The van der Waals surface area contributed by atoms with Gasteiger partial charge in [-0.05, 0) is 0 Å². The van der Waals surface area contributed by atoms with Gasteiger partial charge in [-0.1, -0.05) is 0 Å². The van der Waals surface area contributed by atoms with Crippen LogP contribution in [0.1, 0.15) is 0 Å². The summed E-state index contributed by atoms with van der Waals surface area (Å²) in [6, 6.07) is 0.568. The molecule has 0 spiro atoms. The zero-order valence-corrected chi connectivity index (χ0v) is 11.9. The lowest BCUT2D eigenvalue weighted by Gasteiger charge is -2.27. The highest BCUT2D eigenvalue weighted by Gasteiger charge is 2.41. The SMILES string of the molecule is COC(COCC1CO1)C[Si](OC)(OC)OC. The summed E-state index contributed by atoms with van der Waals surface area (Å²) in [5, 5.41) is 0. The second-order valence-electron chi connectivity index (χ2n) is 3.85. The lowest BCUT2D eigenvalue weighted by molar-refractivity contribution is 0.00151. The normalized spacial score (nSPS) is 21.5. The molecule has 0 aliphatic carbocycles. The third kappa shape index (κ3) is 5.00. The van der Waals surface area contributed by atoms with Gasteiger partial charge < -0.3 is 27.5 Å². The highest BCUT2D eigenvalue weighted by Crippen LogP contribution is 2.18. The van der Waals surface area contributed by atoms with E-state index in [-0.39, 0.29) is 12.2 Å². The molecule has 17 heavy (non-hydrogen) atoms. The summed E-state index contributed by atoms with van der Waals surface area (Å²) in [6.45, 7) is 1.90. The Morgan fingerprint density at radius 2 is 1.76 bits per heavy atom. The van der Waals surface area contributed by atoms with E-state index < -0.39 is 8.80 Å². The molecule has 2 atom stereocenters. The van der Waals surface area contributed by atoms with Crippen LogP contribution in [0.2, 0.25) is 6.04 Å². The van der Waals surface area contributed by atoms with Gasteiger partial charge in [-0.15, -0.1) is 0 Å². The monoisotopic (exact) mass is 266 g/mol. The Morgan fingerprint density at radius 1 is 1.18 bits per heavy atom. The molecular formula is C10H22O6Si. The van der Waals surface area contributed by atoms with E-state index in [1.54, 1.807) is 28.4 Å². The number of hydrogen-bond acceptors (Lipinski definition) is 6. The average molecular weight is 266 g/mol. The van der Waals surface area contributed by atoms with Crippen LogP contribution in [0, 0.1) is 0 Å². The van der Waals surface area contributed by atoms with Crippen molar-refractivity contribution < 1.29 is 27.5 Å². The molecule has 1 aliphatic rings. The molecule has 0 radical (unpaired) electrons. The predicted molar refractivity (Wildman–Crippen MR) is 62.9 cm³/mol. The smallest absolute Gasteiger partial charge is 0.379 e. The highest BCUT2D eigenvalue weighted by atomic mass is 28.4. The minimum Gasteiger partial charge on any atom is -0.379 e. The number of rotatable bonds is 10. The molecule has 102 valence electrons. The van der Waals surface area contributed by atoms with Crippen LogP contribution in [0.25, 0.3) is 0 Å². The molecule has 1 aliphatic heterocycles. The standard InChI is InChI=1S/C10H22O6Si/c1-11-10(6-15-5-9-7-16-9)8-17(12-2,13-3)14-4/h9-10H,5-8H2,1-4H3. The Balaban J connectivity index is 2.31. The van der Waals surface area contributed by atoms with E-state index in [9.17, 15) is 0 Å². The average Bonchev–Trinajstić information content (AvgIpc) is 3.18. The molecule has 0 aromatic carbocycles. The van der Waals surface area contributed by atoms with Crippen LogP contribution in [-0.2, 0) is 27.5 Å². The van der Waals surface area contributed by atoms with Crippen molar-refractivity contribution in [2.75, 3.05) is 48.3 Å². The molecule has 1 fully saturated rings. The molecule has 7 heteroatoms. The minimum atomic E-state index is -2.60. The van der Waals surface area contributed by atoms with Gasteiger partial charge in [-0.2, -0.15) is 0 Å². The molecule has 0 saturated carbocycles. The van der Waals surface area contributed by atoms with Crippen LogP contribution < -0.4 is 0 Å². The predicted octanol–water partition coefficient (Wildman–Crippen LogP) is 0.295. The summed E-state index contributed by atoms with van der Waals surface area (Å²) >= 11 is 0. The Bertz CT molecular complexity index is 199. The summed E-state index contributed by atoms with van der Waals surface area (Å²) in [4.78, 5) is 0. The molecule has 0 N–H and O–H groups in total. The molecule has 2 unspecified atom stereocenters. The van der Waals surface area contributed by atoms with Gasteiger partial charge in [0.25, 0.3) is 0 Å². The van der Waals surface area contributed by atoms with Crippen LogP contribution in [0.5, 0.6) is 0 Å². The van der Waals surface area contributed by atoms with Crippen molar-refractivity contribution in [3.05, 3.63) is 0 Å². The van der Waals surface area contributed by atoms with Crippen molar-refractivity contribution in [3.8, 4) is 0 Å². The van der Waals surface area contributed by atoms with E-state index in [0.717, 1.165) is 6.61 Å². The van der Waals surface area contributed by atoms with E-state index in [1.807, 2.05) is 0 Å². The molecule has 0 bridgehead atoms. The third-order valence-corrected chi connectivity index (χ3v) is 5.58. The lowest BCUT2D eigenvalue weighted by atomic mass is 10.4. The van der Waals surface area contributed by atoms with Crippen LogP contribution in [0.15, 0.2) is 0 Å². The summed E-state index contributed by atoms with van der Waals surface area (Å²) in [6.07, 6.45) is 0.169. The van der Waals surface area contributed by atoms with Crippen molar-refractivity contribution in [3.63, 3.8) is 0 Å². The first-order valence-electron chi connectivity index (χ1n) is 5.57. The maximum absolute atomic E-state index is 5.50. The zero-order chi connectivity index (χ0) is 12.7. The second kappa shape index (κ2) is 7.42. The summed E-state index contributed by atoms with van der Waals surface area (Å²) in [5.74, 6) is 0. The first-order chi connectivity index (χ1) is 8.19. The van der Waals surface area contributed by atoms with Crippen molar-refractivity contribution in [1.29, 1.82) is 0 Å². The molecule has 0 aromatic rings. The Hall–Kier alpha value is -0.0231. The van der Waals surface area contributed by atoms with Crippen LogP contribution >= 0.6 is 0 Å². The summed E-state index contributed by atoms with van der Waals surface area (Å²) in [5.41, 5.74) is 0. The maximum atomic E-state index is 5.50. The van der Waals surface area contributed by atoms with Gasteiger partial charge >= 0.3 is 8.80 Å². The highest BCUT2D eigenvalue weighted by molar-refractivity contribution is 6.60. The Labute approximate surface area is 103 Å². The summed E-state index contributed by atoms with van der Waals surface area (Å²) in [7, 11) is 3.81. The van der Waals surface area contributed by atoms with Crippen LogP contribution in [-0.4, -0.2) is 69.3 Å². The third-order valence-electron chi connectivity index (χ3n) is 2.75. The van der Waals surface area contributed by atoms with Gasteiger partial charge in [0.15, 0.2) is 0 Å². The van der Waals surface area contributed by atoms with Gasteiger partial charge in [0.2, 0.25) is 0 Å². The van der Waals surface area contributed by atoms with Crippen LogP contribution in [0.3, 0.4) is 0 Å². The fourth-order valence-corrected chi connectivity index (χ4v) is 3.33. The number of methoxy groups -OCH3 is 1. The Kier molecular flexibility index (Phi) is 6.56. The Morgan fingerprint density at radius 3 is 2.18 bits per heavy atom. The van der Waals surface area contributed by atoms with Gasteiger partial charge in [-0.25, -0.2) is 0 Å². The van der Waals surface area contributed by atoms with Crippen molar-refractivity contribution in [1.82, 2.24) is 0 Å². The molecule has 1 heterocycles. The van der Waals surface area contributed by atoms with Crippen molar-refractivity contribution >= 4 is 8.80 Å². The van der Waals surface area contributed by atoms with Crippen molar-refractivity contribution in [2.45, 2.75) is 18.3 Å². The maximum Gasteiger partial charge on any atom is 0.502 e. The van der Waals surface area contributed by atoms with Gasteiger partial charge in [0.05, 0.1) is 25.9 Å². The first kappa shape index (κ1) is 15.0. The molecule has 1 saturated heterocycles. The first-order valence-corrected chi connectivity index (χ1v) is 7.50. The topological polar surface area (TPSA) is 58.7 Å². The van der Waals surface area contributed by atoms with E-state index in [2.05, 4.69) is 0 Å². The van der Waals surface area contributed by atoms with Crippen LogP contribution in [0.4, 0.5) is 0 Å². The molecule has 6 nitrogen and oxygen atoms in total. The number of hydrogen-bond donors (Lipinski definition) is 0. The van der Waals surface area contributed by atoms with Gasteiger partial charge in [0.1, 0.15) is 6.10 Å². The van der Waals surface area contributed by atoms with Gasteiger partial charge in [0, 0.05) is 34.5 Å². The minimum absolute atomic E-state index is 0.0970. The van der Waals surface area contributed by atoms with E-state index >= 15 is 0 Å². The number of ether oxygens (including phenoxy) is 3.